The Morgan fingerprint density at radius 3 is 2.36 bits per heavy atom. The van der Waals surface area contributed by atoms with Gasteiger partial charge in [-0.2, -0.15) is 13.2 Å². The molecule has 86 valence electrons. The molecule has 0 aliphatic heterocycles. The molecule has 0 radical (unpaired) electrons. The largest absolute Gasteiger partial charge is 0.441 e. The van der Waals surface area contributed by atoms with Crippen LogP contribution < -0.4 is 5.32 Å². The summed E-state index contributed by atoms with van der Waals surface area (Å²) in [5.41, 5.74) is -4.08. The van der Waals surface area contributed by atoms with E-state index >= 15 is 0 Å². The number of hydrogen-bond donors (Lipinski definition) is 1. The fourth-order valence-electron chi connectivity index (χ4n) is 0.999. The minimum Gasteiger partial charge on any atom is -0.316 e. The van der Waals surface area contributed by atoms with Crippen LogP contribution in [0.5, 0.6) is 0 Å². The van der Waals surface area contributed by atoms with E-state index in [-0.39, 0.29) is 17.5 Å². The molecule has 0 aromatic rings. The topological polar surface area (TPSA) is 12.0 Å². The fourth-order valence-corrected chi connectivity index (χ4v) is 1.48. The highest BCUT2D eigenvalue weighted by Gasteiger charge is 2.27. The number of alkyl halides is 3. The van der Waals surface area contributed by atoms with Gasteiger partial charge in [0.25, 0.3) is 0 Å². The maximum Gasteiger partial charge on any atom is 0.441 e. The van der Waals surface area contributed by atoms with Gasteiger partial charge in [0.2, 0.25) is 0 Å². The Morgan fingerprint density at radius 2 is 1.86 bits per heavy atom. The molecular weight excluding hydrogens is 211 g/mol. The van der Waals surface area contributed by atoms with Crippen molar-refractivity contribution in [3.63, 3.8) is 0 Å². The van der Waals surface area contributed by atoms with Crippen molar-refractivity contribution in [2.75, 3.05) is 18.8 Å². The summed E-state index contributed by atoms with van der Waals surface area (Å²) < 4.78 is 35.0. The average Bonchev–Trinajstić information content (AvgIpc) is 2.00. The lowest BCUT2D eigenvalue weighted by Crippen LogP contribution is -2.20. The number of nitrogens with one attached hydrogen (secondary N) is 1. The Balaban J connectivity index is 3.07. The summed E-state index contributed by atoms with van der Waals surface area (Å²) in [6.07, 6.45) is 2.16. The highest BCUT2D eigenvalue weighted by atomic mass is 32.2. The number of halogens is 3. The molecule has 0 unspecified atom stereocenters. The molecule has 0 bridgehead atoms. The zero-order chi connectivity index (χ0) is 11.0. The van der Waals surface area contributed by atoms with Gasteiger partial charge >= 0.3 is 5.51 Å². The summed E-state index contributed by atoms with van der Waals surface area (Å²) in [5, 5.41) is 2.99. The third kappa shape index (κ3) is 12.1. The van der Waals surface area contributed by atoms with Crippen molar-refractivity contribution in [2.45, 2.75) is 32.2 Å². The molecule has 5 heteroatoms. The minimum absolute atomic E-state index is 0.0354. The first-order valence-corrected chi connectivity index (χ1v) is 5.82. The van der Waals surface area contributed by atoms with Crippen LogP contribution in [0.2, 0.25) is 0 Å². The Hall–Kier alpha value is 0.100. The Bertz CT molecular complexity index is 137. The third-order valence-corrected chi connectivity index (χ3v) is 2.42. The zero-order valence-corrected chi connectivity index (χ0v) is 9.47. The van der Waals surface area contributed by atoms with Crippen LogP contribution in [0.25, 0.3) is 0 Å². The molecule has 0 saturated heterocycles. The van der Waals surface area contributed by atoms with Gasteiger partial charge in [-0.3, -0.25) is 0 Å². The molecule has 1 nitrogen and oxygen atoms in total. The second-order valence-corrected chi connectivity index (χ2v) is 4.74. The summed E-state index contributed by atoms with van der Waals surface area (Å²) in [5.74, 6) is 0.770. The van der Waals surface area contributed by atoms with Crippen LogP contribution in [0.15, 0.2) is 0 Å². The van der Waals surface area contributed by atoms with Gasteiger partial charge in [0.15, 0.2) is 0 Å². The van der Waals surface area contributed by atoms with Crippen molar-refractivity contribution in [3.8, 4) is 0 Å². The van der Waals surface area contributed by atoms with Crippen molar-refractivity contribution in [1.82, 2.24) is 5.32 Å². The predicted octanol–water partition coefficient (Wildman–Crippen LogP) is 3.27. The Kier molecular flexibility index (Phi) is 7.45. The molecule has 0 aliphatic rings. The summed E-state index contributed by atoms with van der Waals surface area (Å²) in [6, 6.07) is 0. The van der Waals surface area contributed by atoms with E-state index < -0.39 is 5.51 Å². The Labute approximate surface area is 87.8 Å². The number of hydrogen-bond acceptors (Lipinski definition) is 2. The molecule has 1 N–H and O–H groups in total. The molecule has 0 amide bonds. The van der Waals surface area contributed by atoms with Crippen LogP contribution >= 0.6 is 11.8 Å². The monoisotopic (exact) mass is 229 g/mol. The first-order valence-electron chi connectivity index (χ1n) is 4.83. The van der Waals surface area contributed by atoms with E-state index in [1.54, 1.807) is 0 Å². The van der Waals surface area contributed by atoms with Gasteiger partial charge in [-0.05, 0) is 37.1 Å². The molecule has 14 heavy (non-hydrogen) atoms. The molecule has 0 atom stereocenters. The van der Waals surface area contributed by atoms with Crippen LogP contribution in [0.3, 0.4) is 0 Å². The van der Waals surface area contributed by atoms with Crippen LogP contribution in [-0.2, 0) is 0 Å². The maximum absolute atomic E-state index is 11.7. The van der Waals surface area contributed by atoms with E-state index in [1.165, 1.54) is 0 Å². The van der Waals surface area contributed by atoms with Crippen LogP contribution in [0, 0.1) is 5.92 Å². The molecule has 0 aromatic carbocycles. The van der Waals surface area contributed by atoms with E-state index in [1.807, 2.05) is 0 Å². The second kappa shape index (κ2) is 7.40. The highest BCUT2D eigenvalue weighted by Crippen LogP contribution is 2.29. The second-order valence-electron chi connectivity index (χ2n) is 3.58. The molecule has 0 spiro atoms. The summed E-state index contributed by atoms with van der Waals surface area (Å²) in [4.78, 5) is 0. The average molecular weight is 229 g/mol. The number of thioether (sulfide) groups is 1. The van der Waals surface area contributed by atoms with Crippen molar-refractivity contribution < 1.29 is 13.2 Å². The lowest BCUT2D eigenvalue weighted by molar-refractivity contribution is -0.0327. The Morgan fingerprint density at radius 1 is 1.21 bits per heavy atom. The molecule has 0 heterocycles. The summed E-state index contributed by atoms with van der Waals surface area (Å²) in [6.45, 7) is 5.53. The van der Waals surface area contributed by atoms with Gasteiger partial charge in [0.1, 0.15) is 0 Å². The molecular formula is C9H18F3NS. The van der Waals surface area contributed by atoms with Crippen LogP contribution in [0.4, 0.5) is 13.2 Å². The summed E-state index contributed by atoms with van der Waals surface area (Å²) in [7, 11) is 0. The van der Waals surface area contributed by atoms with E-state index in [0.717, 1.165) is 19.4 Å². The van der Waals surface area contributed by atoms with Gasteiger partial charge in [0, 0.05) is 12.3 Å². The van der Waals surface area contributed by atoms with Crippen LogP contribution in [-0.4, -0.2) is 24.4 Å². The quantitative estimate of drug-likeness (QED) is 0.672. The maximum atomic E-state index is 11.7. The van der Waals surface area contributed by atoms with Gasteiger partial charge in [-0.1, -0.05) is 13.8 Å². The lowest BCUT2D eigenvalue weighted by Gasteiger charge is -2.07. The zero-order valence-electron chi connectivity index (χ0n) is 8.66. The first kappa shape index (κ1) is 14.1. The fraction of sp³-hybridized carbons (Fsp3) is 1.00. The molecule has 0 rings (SSSR count). The van der Waals surface area contributed by atoms with E-state index in [2.05, 4.69) is 19.2 Å². The molecule has 0 aliphatic carbocycles. The van der Waals surface area contributed by atoms with Gasteiger partial charge < -0.3 is 5.32 Å². The SMILES string of the molecule is CC(C)CCCNCCSC(F)(F)F. The lowest BCUT2D eigenvalue weighted by atomic mass is 10.1. The summed E-state index contributed by atoms with van der Waals surface area (Å²) >= 11 is 0.0354. The van der Waals surface area contributed by atoms with Crippen molar-refractivity contribution in [2.24, 2.45) is 5.92 Å². The first-order chi connectivity index (χ1) is 6.42. The smallest absolute Gasteiger partial charge is 0.316 e. The minimum atomic E-state index is -4.08. The number of rotatable bonds is 7. The van der Waals surface area contributed by atoms with Crippen molar-refractivity contribution in [1.29, 1.82) is 0 Å². The highest BCUT2D eigenvalue weighted by molar-refractivity contribution is 8.00. The standard InChI is InChI=1S/C9H18F3NS/c1-8(2)4-3-5-13-6-7-14-9(10,11)12/h8,13H,3-7H2,1-2H3. The van der Waals surface area contributed by atoms with Crippen molar-refractivity contribution in [3.05, 3.63) is 0 Å². The van der Waals surface area contributed by atoms with Gasteiger partial charge in [-0.25, -0.2) is 0 Å². The third-order valence-electron chi connectivity index (χ3n) is 1.68. The van der Waals surface area contributed by atoms with Gasteiger partial charge in [-0.15, -0.1) is 0 Å². The van der Waals surface area contributed by atoms with E-state index in [0.29, 0.717) is 12.5 Å². The molecule has 0 saturated carbocycles. The van der Waals surface area contributed by atoms with Crippen molar-refractivity contribution >= 4 is 11.8 Å². The molecule has 0 fully saturated rings. The molecule has 0 aromatic heterocycles. The van der Waals surface area contributed by atoms with E-state index in [9.17, 15) is 13.2 Å². The predicted molar refractivity (Wildman–Crippen MR) is 55.5 cm³/mol. The normalized spacial score (nSPS) is 12.4. The van der Waals surface area contributed by atoms with Crippen LogP contribution in [0.1, 0.15) is 26.7 Å². The van der Waals surface area contributed by atoms with E-state index in [4.69, 9.17) is 0 Å². The van der Waals surface area contributed by atoms with Gasteiger partial charge in [0.05, 0.1) is 0 Å².